The number of aryl methyl sites for hydroxylation is 1. The van der Waals surface area contributed by atoms with Gasteiger partial charge in [0, 0.05) is 17.8 Å². The van der Waals surface area contributed by atoms with Crippen LogP contribution in [0.3, 0.4) is 0 Å². The number of aromatic nitrogens is 3. The molecule has 4 aromatic rings. The van der Waals surface area contributed by atoms with Gasteiger partial charge in [-0.3, -0.25) is 0 Å². The molecule has 1 saturated carbocycles. The monoisotopic (exact) mass is 479 g/mol. The van der Waals surface area contributed by atoms with Crippen LogP contribution in [0.25, 0.3) is 11.5 Å². The number of fused-ring (bicyclic) bond motifs is 3. The van der Waals surface area contributed by atoms with E-state index in [1.54, 1.807) is 0 Å². The van der Waals surface area contributed by atoms with E-state index in [0.717, 1.165) is 53.3 Å². The van der Waals surface area contributed by atoms with E-state index in [0.29, 0.717) is 6.54 Å². The maximum absolute atomic E-state index is 14.0. The van der Waals surface area contributed by atoms with E-state index in [-0.39, 0.29) is 18.1 Å². The molecule has 0 unspecified atom stereocenters. The van der Waals surface area contributed by atoms with Crippen molar-refractivity contribution in [2.75, 3.05) is 0 Å². The Kier molecular flexibility index (Phi) is 6.09. The highest BCUT2D eigenvalue weighted by Gasteiger charge is 2.36. The van der Waals surface area contributed by atoms with Crippen LogP contribution in [-0.2, 0) is 13.0 Å². The summed E-state index contributed by atoms with van der Waals surface area (Å²) >= 11 is 0. The summed E-state index contributed by atoms with van der Waals surface area (Å²) in [5.74, 6) is 1.02. The first-order chi connectivity index (χ1) is 17.7. The standard InChI is InChI=1S/C30H33N5O/c1-2-26-25-21-34(30(36)31-23-15-8-4-9-16-23)28(22-13-6-3-7-14-22)27-19-12-20-33(27)29(25)35(32-26)24-17-10-5-11-18-24/h3,5-7,10-14,17-20,23,28H,2,4,8-9,15-16,21H2,1H3,(H,31,36)/t28-/m1/s1. The van der Waals surface area contributed by atoms with Crippen molar-refractivity contribution in [2.45, 2.75) is 64.1 Å². The molecule has 1 aliphatic heterocycles. The molecule has 6 rings (SSSR count). The summed E-state index contributed by atoms with van der Waals surface area (Å²) in [6, 6.07) is 24.9. The predicted octanol–water partition coefficient (Wildman–Crippen LogP) is 6.17. The number of benzene rings is 2. The minimum Gasteiger partial charge on any atom is -0.335 e. The molecular formula is C30H33N5O. The quantitative estimate of drug-likeness (QED) is 0.380. The van der Waals surface area contributed by atoms with E-state index in [1.807, 2.05) is 33.8 Å². The number of carbonyl (C=O) groups excluding carboxylic acids is 1. The lowest BCUT2D eigenvalue weighted by Crippen LogP contribution is -2.46. The maximum atomic E-state index is 14.0. The smallest absolute Gasteiger partial charge is 0.318 e. The van der Waals surface area contributed by atoms with Gasteiger partial charge in [0.2, 0.25) is 0 Å². The molecule has 0 spiro atoms. The molecule has 6 nitrogen and oxygen atoms in total. The van der Waals surface area contributed by atoms with E-state index in [2.05, 4.69) is 71.5 Å². The molecule has 0 radical (unpaired) electrons. The highest BCUT2D eigenvalue weighted by Crippen LogP contribution is 2.38. The van der Waals surface area contributed by atoms with Gasteiger partial charge in [-0.2, -0.15) is 5.10 Å². The number of urea groups is 1. The topological polar surface area (TPSA) is 55.1 Å². The summed E-state index contributed by atoms with van der Waals surface area (Å²) in [4.78, 5) is 16.0. The molecule has 1 fully saturated rings. The molecule has 0 bridgehead atoms. The Hall–Kier alpha value is -3.80. The second-order valence-electron chi connectivity index (χ2n) is 9.88. The number of hydrogen-bond donors (Lipinski definition) is 1. The molecule has 1 aliphatic carbocycles. The van der Waals surface area contributed by atoms with Gasteiger partial charge >= 0.3 is 6.03 Å². The molecule has 36 heavy (non-hydrogen) atoms. The van der Waals surface area contributed by atoms with Crippen molar-refractivity contribution >= 4 is 6.03 Å². The van der Waals surface area contributed by atoms with Gasteiger partial charge in [-0.05, 0) is 49.1 Å². The lowest BCUT2D eigenvalue weighted by Gasteiger charge is -2.33. The first kappa shape index (κ1) is 22.7. The summed E-state index contributed by atoms with van der Waals surface area (Å²) in [7, 11) is 0. The zero-order valence-corrected chi connectivity index (χ0v) is 20.8. The van der Waals surface area contributed by atoms with Crippen molar-refractivity contribution < 1.29 is 4.79 Å². The molecule has 2 amide bonds. The van der Waals surface area contributed by atoms with Gasteiger partial charge in [-0.15, -0.1) is 0 Å². The average molecular weight is 480 g/mol. The third-order valence-corrected chi connectivity index (χ3v) is 7.61. The van der Waals surface area contributed by atoms with E-state index in [4.69, 9.17) is 5.10 Å². The van der Waals surface area contributed by atoms with Crippen molar-refractivity contribution in [3.63, 3.8) is 0 Å². The number of para-hydroxylation sites is 1. The molecule has 184 valence electrons. The Morgan fingerprint density at radius 1 is 0.944 bits per heavy atom. The van der Waals surface area contributed by atoms with E-state index in [9.17, 15) is 4.79 Å². The Bertz CT molecular complexity index is 1330. The summed E-state index contributed by atoms with van der Waals surface area (Å²) in [5, 5.41) is 8.44. The Labute approximate surface area is 212 Å². The SMILES string of the molecule is CCc1nn(-c2ccccc2)c2c1CN(C(=O)NC1CCCCC1)[C@H](c1ccccc1)c1cccn1-2. The van der Waals surface area contributed by atoms with Crippen LogP contribution >= 0.6 is 0 Å². The normalized spacial score (nSPS) is 17.8. The lowest BCUT2D eigenvalue weighted by atomic mass is 9.95. The fourth-order valence-electron chi connectivity index (χ4n) is 5.84. The van der Waals surface area contributed by atoms with Crippen LogP contribution in [0.15, 0.2) is 79.0 Å². The van der Waals surface area contributed by atoms with Crippen LogP contribution in [-0.4, -0.2) is 31.3 Å². The molecule has 3 heterocycles. The molecule has 2 aromatic carbocycles. The third-order valence-electron chi connectivity index (χ3n) is 7.61. The number of hydrogen-bond acceptors (Lipinski definition) is 2. The predicted molar refractivity (Wildman–Crippen MR) is 142 cm³/mol. The summed E-state index contributed by atoms with van der Waals surface area (Å²) in [6.45, 7) is 2.64. The summed E-state index contributed by atoms with van der Waals surface area (Å²) in [6.07, 6.45) is 8.65. The number of carbonyl (C=O) groups is 1. The lowest BCUT2D eigenvalue weighted by molar-refractivity contribution is 0.173. The van der Waals surface area contributed by atoms with Gasteiger partial charge in [0.05, 0.1) is 29.7 Å². The van der Waals surface area contributed by atoms with Gasteiger partial charge < -0.3 is 14.8 Å². The number of rotatable bonds is 4. The van der Waals surface area contributed by atoms with Crippen LogP contribution in [0, 0.1) is 0 Å². The molecule has 1 atom stereocenters. The second-order valence-corrected chi connectivity index (χ2v) is 9.88. The van der Waals surface area contributed by atoms with E-state index < -0.39 is 0 Å². The number of nitrogens with zero attached hydrogens (tertiary/aromatic N) is 4. The Morgan fingerprint density at radius 3 is 2.39 bits per heavy atom. The van der Waals surface area contributed by atoms with Crippen molar-refractivity contribution in [3.05, 3.63) is 102 Å². The maximum Gasteiger partial charge on any atom is 0.318 e. The third kappa shape index (κ3) is 4.00. The van der Waals surface area contributed by atoms with Crippen molar-refractivity contribution in [2.24, 2.45) is 0 Å². The van der Waals surface area contributed by atoms with E-state index >= 15 is 0 Å². The van der Waals surface area contributed by atoms with Crippen molar-refractivity contribution in [1.29, 1.82) is 0 Å². The largest absolute Gasteiger partial charge is 0.335 e. The fraction of sp³-hybridized carbons (Fsp3) is 0.333. The van der Waals surface area contributed by atoms with Gasteiger partial charge in [0.15, 0.2) is 0 Å². The average Bonchev–Trinajstić information content (AvgIpc) is 3.51. The fourth-order valence-corrected chi connectivity index (χ4v) is 5.84. The van der Waals surface area contributed by atoms with Crippen molar-refractivity contribution in [1.82, 2.24) is 24.6 Å². The number of nitrogens with one attached hydrogen (secondary N) is 1. The first-order valence-corrected chi connectivity index (χ1v) is 13.2. The second kappa shape index (κ2) is 9.69. The zero-order chi connectivity index (χ0) is 24.5. The molecule has 6 heteroatoms. The van der Waals surface area contributed by atoms with Crippen LogP contribution in [0.4, 0.5) is 4.79 Å². The number of amides is 2. The van der Waals surface area contributed by atoms with Crippen LogP contribution in [0.2, 0.25) is 0 Å². The molecule has 2 aromatic heterocycles. The zero-order valence-electron chi connectivity index (χ0n) is 20.8. The summed E-state index contributed by atoms with van der Waals surface area (Å²) < 4.78 is 4.28. The van der Waals surface area contributed by atoms with Gasteiger partial charge in [-0.1, -0.05) is 74.7 Å². The summed E-state index contributed by atoms with van der Waals surface area (Å²) in [5.41, 5.74) is 5.33. The highest BCUT2D eigenvalue weighted by atomic mass is 16.2. The molecule has 2 aliphatic rings. The minimum absolute atomic E-state index is 0.00543. The highest BCUT2D eigenvalue weighted by molar-refractivity contribution is 5.76. The van der Waals surface area contributed by atoms with Crippen LogP contribution in [0.5, 0.6) is 0 Å². The minimum atomic E-state index is -0.203. The van der Waals surface area contributed by atoms with E-state index in [1.165, 1.54) is 19.3 Å². The molecule has 1 N–H and O–H groups in total. The Balaban J connectivity index is 1.52. The van der Waals surface area contributed by atoms with Crippen LogP contribution in [0.1, 0.15) is 67.6 Å². The van der Waals surface area contributed by atoms with Gasteiger partial charge in [0.1, 0.15) is 5.82 Å². The van der Waals surface area contributed by atoms with Crippen molar-refractivity contribution in [3.8, 4) is 11.5 Å². The first-order valence-electron chi connectivity index (χ1n) is 13.2. The Morgan fingerprint density at radius 2 is 1.67 bits per heavy atom. The molecular weight excluding hydrogens is 446 g/mol. The van der Waals surface area contributed by atoms with Gasteiger partial charge in [-0.25, -0.2) is 9.48 Å². The molecule has 0 saturated heterocycles. The van der Waals surface area contributed by atoms with Gasteiger partial charge in [0.25, 0.3) is 0 Å². The van der Waals surface area contributed by atoms with Crippen LogP contribution < -0.4 is 5.32 Å².